The summed E-state index contributed by atoms with van der Waals surface area (Å²) in [6.45, 7) is 0.297. The Morgan fingerprint density at radius 1 is 1.25 bits per heavy atom. The first-order chi connectivity index (χ1) is 13.6. The van der Waals surface area contributed by atoms with Gasteiger partial charge in [-0.3, -0.25) is 14.2 Å². The average molecular weight is 379 g/mol. The van der Waals surface area contributed by atoms with E-state index in [1.807, 2.05) is 18.3 Å². The van der Waals surface area contributed by atoms with Gasteiger partial charge in [0.05, 0.1) is 12.0 Å². The molecule has 4 rings (SSSR count). The third-order valence-electron chi connectivity index (χ3n) is 4.42. The van der Waals surface area contributed by atoms with Gasteiger partial charge in [-0.05, 0) is 48.5 Å². The summed E-state index contributed by atoms with van der Waals surface area (Å²) in [7, 11) is 1.69. The molecule has 1 N–H and O–H groups in total. The first kappa shape index (κ1) is 17.7. The van der Waals surface area contributed by atoms with Gasteiger partial charge < -0.3 is 9.73 Å². The van der Waals surface area contributed by atoms with Gasteiger partial charge in [0.15, 0.2) is 0 Å². The zero-order valence-electron chi connectivity index (χ0n) is 15.1. The molecule has 1 aromatic carbocycles. The van der Waals surface area contributed by atoms with E-state index in [-0.39, 0.29) is 17.8 Å². The van der Waals surface area contributed by atoms with Crippen molar-refractivity contribution in [1.82, 2.24) is 24.9 Å². The molecule has 0 aliphatic heterocycles. The van der Waals surface area contributed by atoms with Crippen molar-refractivity contribution >= 4 is 5.91 Å². The van der Waals surface area contributed by atoms with Crippen LogP contribution < -0.4 is 5.32 Å². The summed E-state index contributed by atoms with van der Waals surface area (Å²) in [6, 6.07) is 12.8. The fourth-order valence-electron chi connectivity index (χ4n) is 2.99. The maximum Gasteiger partial charge on any atom is 0.269 e. The highest BCUT2D eigenvalue weighted by atomic mass is 19.1. The number of rotatable bonds is 6. The van der Waals surface area contributed by atoms with Gasteiger partial charge in [0.1, 0.15) is 23.3 Å². The van der Waals surface area contributed by atoms with Gasteiger partial charge in [0.2, 0.25) is 0 Å². The quantitative estimate of drug-likeness (QED) is 0.559. The lowest BCUT2D eigenvalue weighted by molar-refractivity contribution is 0.0938. The van der Waals surface area contributed by atoms with Gasteiger partial charge in [-0.15, -0.1) is 0 Å². The number of aryl methyl sites for hydroxylation is 1. The molecule has 0 fully saturated rings. The second-order valence-corrected chi connectivity index (χ2v) is 6.27. The van der Waals surface area contributed by atoms with E-state index >= 15 is 0 Å². The zero-order valence-corrected chi connectivity index (χ0v) is 15.1. The average Bonchev–Trinajstić information content (AvgIpc) is 3.45. The molecular formula is C20H18FN5O2. The van der Waals surface area contributed by atoms with Crippen LogP contribution in [0.2, 0.25) is 0 Å². The van der Waals surface area contributed by atoms with Crippen LogP contribution in [0.5, 0.6) is 0 Å². The van der Waals surface area contributed by atoms with Gasteiger partial charge in [0.25, 0.3) is 5.91 Å². The van der Waals surface area contributed by atoms with Crippen LogP contribution in [0.25, 0.3) is 11.3 Å². The first-order valence-corrected chi connectivity index (χ1v) is 8.72. The molecule has 1 amide bonds. The smallest absolute Gasteiger partial charge is 0.269 e. The number of carbonyl (C=O) groups excluding carboxylic acids is 1. The summed E-state index contributed by atoms with van der Waals surface area (Å²) in [5.41, 5.74) is 1.74. The van der Waals surface area contributed by atoms with E-state index in [1.54, 1.807) is 48.5 Å². The molecule has 3 aromatic heterocycles. The molecule has 0 aliphatic rings. The number of benzene rings is 1. The maximum atomic E-state index is 13.1. The summed E-state index contributed by atoms with van der Waals surface area (Å²) < 4.78 is 21.8. The second-order valence-electron chi connectivity index (χ2n) is 6.27. The Morgan fingerprint density at radius 3 is 2.75 bits per heavy atom. The molecule has 142 valence electrons. The van der Waals surface area contributed by atoms with Crippen LogP contribution >= 0.6 is 0 Å². The van der Waals surface area contributed by atoms with E-state index in [1.165, 1.54) is 16.8 Å². The third-order valence-corrected chi connectivity index (χ3v) is 4.42. The minimum absolute atomic E-state index is 0.265. The fourth-order valence-corrected chi connectivity index (χ4v) is 2.99. The minimum atomic E-state index is -0.319. The summed E-state index contributed by atoms with van der Waals surface area (Å²) in [4.78, 5) is 12.7. The van der Waals surface area contributed by atoms with Crippen LogP contribution in [0.4, 0.5) is 4.39 Å². The molecule has 7 nitrogen and oxygen atoms in total. The summed E-state index contributed by atoms with van der Waals surface area (Å²) in [5, 5.41) is 11.5. The molecule has 0 radical (unpaired) electrons. The zero-order chi connectivity index (χ0) is 19.5. The normalized spacial score (nSPS) is 12.1. The highest BCUT2D eigenvalue weighted by Gasteiger charge is 2.20. The van der Waals surface area contributed by atoms with E-state index in [0.29, 0.717) is 23.7 Å². The third kappa shape index (κ3) is 3.57. The van der Waals surface area contributed by atoms with Crippen LogP contribution in [0, 0.1) is 5.82 Å². The standard InChI is InChI=1S/C20H18FN5O2/c1-25-17(12-16(24-25)14-5-7-15(21)8-6-14)20(27)22-13-18(19-4-2-11-28-19)26-10-3-9-23-26/h2-12,18H,13H2,1H3,(H,22,27). The van der Waals surface area contributed by atoms with Gasteiger partial charge >= 0.3 is 0 Å². The number of aromatic nitrogens is 4. The number of halogens is 1. The predicted octanol–water partition coefficient (Wildman–Crippen LogP) is 3.04. The van der Waals surface area contributed by atoms with Crippen molar-refractivity contribution < 1.29 is 13.6 Å². The molecular weight excluding hydrogens is 361 g/mol. The summed E-state index contributed by atoms with van der Waals surface area (Å²) in [6.07, 6.45) is 5.08. The molecule has 3 heterocycles. The number of amides is 1. The van der Waals surface area contributed by atoms with Crippen molar-refractivity contribution in [1.29, 1.82) is 0 Å². The number of nitrogens with zero attached hydrogens (tertiary/aromatic N) is 4. The lowest BCUT2D eigenvalue weighted by Gasteiger charge is -2.16. The minimum Gasteiger partial charge on any atom is -0.467 e. The molecule has 1 atom stereocenters. The van der Waals surface area contributed by atoms with Gasteiger partial charge in [-0.1, -0.05) is 0 Å². The lowest BCUT2D eigenvalue weighted by Crippen LogP contribution is -2.32. The second kappa shape index (κ2) is 7.51. The Labute approximate surface area is 160 Å². The first-order valence-electron chi connectivity index (χ1n) is 8.72. The molecule has 4 aromatic rings. The van der Waals surface area contributed by atoms with Crippen LogP contribution in [0.1, 0.15) is 22.3 Å². The highest BCUT2D eigenvalue weighted by molar-refractivity contribution is 5.93. The van der Waals surface area contributed by atoms with E-state index in [0.717, 1.165) is 5.56 Å². The Kier molecular flexibility index (Phi) is 4.76. The molecule has 0 aliphatic carbocycles. The van der Waals surface area contributed by atoms with Crippen molar-refractivity contribution in [3.8, 4) is 11.3 Å². The van der Waals surface area contributed by atoms with Crippen molar-refractivity contribution in [3.63, 3.8) is 0 Å². The molecule has 0 saturated carbocycles. The Morgan fingerprint density at radius 2 is 2.07 bits per heavy atom. The predicted molar refractivity (Wildman–Crippen MR) is 100 cm³/mol. The number of nitrogens with one attached hydrogen (secondary N) is 1. The summed E-state index contributed by atoms with van der Waals surface area (Å²) >= 11 is 0. The molecule has 0 bridgehead atoms. The lowest BCUT2D eigenvalue weighted by atomic mass is 10.1. The van der Waals surface area contributed by atoms with E-state index in [4.69, 9.17) is 4.42 Å². The summed E-state index contributed by atoms with van der Waals surface area (Å²) in [5.74, 6) is 0.105. The fraction of sp³-hybridized carbons (Fsp3) is 0.150. The van der Waals surface area contributed by atoms with Crippen LogP contribution in [-0.2, 0) is 7.05 Å². The number of hydrogen-bond donors (Lipinski definition) is 1. The number of furan rings is 1. The van der Waals surface area contributed by atoms with E-state index < -0.39 is 0 Å². The number of carbonyl (C=O) groups is 1. The van der Waals surface area contributed by atoms with Gasteiger partial charge in [-0.2, -0.15) is 10.2 Å². The number of hydrogen-bond acceptors (Lipinski definition) is 4. The van der Waals surface area contributed by atoms with Gasteiger partial charge in [0, 0.05) is 31.5 Å². The Balaban J connectivity index is 1.51. The topological polar surface area (TPSA) is 77.9 Å². The van der Waals surface area contributed by atoms with Crippen LogP contribution in [0.3, 0.4) is 0 Å². The molecule has 28 heavy (non-hydrogen) atoms. The van der Waals surface area contributed by atoms with Crippen molar-refractivity contribution in [2.75, 3.05) is 6.54 Å². The SMILES string of the molecule is Cn1nc(-c2ccc(F)cc2)cc1C(=O)NCC(c1ccco1)n1cccn1. The van der Waals surface area contributed by atoms with Crippen molar-refractivity contribution in [3.05, 3.63) is 84.5 Å². The molecule has 8 heteroatoms. The monoisotopic (exact) mass is 379 g/mol. The van der Waals surface area contributed by atoms with Crippen LogP contribution in [-0.4, -0.2) is 32.0 Å². The van der Waals surface area contributed by atoms with Crippen molar-refractivity contribution in [2.24, 2.45) is 7.05 Å². The Bertz CT molecular complexity index is 1020. The largest absolute Gasteiger partial charge is 0.467 e. The molecule has 0 spiro atoms. The highest BCUT2D eigenvalue weighted by Crippen LogP contribution is 2.20. The maximum absolute atomic E-state index is 13.1. The molecule has 1 unspecified atom stereocenters. The van der Waals surface area contributed by atoms with E-state index in [9.17, 15) is 9.18 Å². The van der Waals surface area contributed by atoms with Crippen molar-refractivity contribution in [2.45, 2.75) is 6.04 Å². The molecule has 0 saturated heterocycles. The van der Waals surface area contributed by atoms with E-state index in [2.05, 4.69) is 15.5 Å². The Hall–Kier alpha value is -3.68. The van der Waals surface area contributed by atoms with Gasteiger partial charge in [-0.25, -0.2) is 4.39 Å². The van der Waals surface area contributed by atoms with Crippen LogP contribution in [0.15, 0.2) is 71.6 Å².